The number of methoxy groups -OCH3 is 1. The molecule has 0 unspecified atom stereocenters. The van der Waals surface area contributed by atoms with E-state index < -0.39 is 0 Å². The molecule has 1 N–H and O–H groups in total. The van der Waals surface area contributed by atoms with E-state index in [0.29, 0.717) is 22.8 Å². The lowest BCUT2D eigenvalue weighted by Gasteiger charge is -2.05. The molecule has 1 amide bonds. The zero-order valence-electron chi connectivity index (χ0n) is 14.3. The van der Waals surface area contributed by atoms with Gasteiger partial charge in [0.1, 0.15) is 12.3 Å². The van der Waals surface area contributed by atoms with Crippen molar-refractivity contribution in [2.24, 2.45) is 0 Å². The smallest absolute Gasteiger partial charge is 0.248 e. The summed E-state index contributed by atoms with van der Waals surface area (Å²) in [5.41, 5.74) is 1.81. The molecule has 0 fully saturated rings. The molecule has 0 aliphatic carbocycles. The van der Waals surface area contributed by atoms with Gasteiger partial charge in [-0.2, -0.15) is 4.80 Å². The third kappa shape index (κ3) is 4.10. The Morgan fingerprint density at radius 3 is 2.73 bits per heavy atom. The highest BCUT2D eigenvalue weighted by molar-refractivity contribution is 5.97. The molecule has 0 atom stereocenters. The Morgan fingerprint density at radius 2 is 1.96 bits per heavy atom. The van der Waals surface area contributed by atoms with Crippen LogP contribution in [0.15, 0.2) is 48.5 Å². The Labute approximate surface area is 149 Å². The van der Waals surface area contributed by atoms with Crippen LogP contribution in [0.3, 0.4) is 0 Å². The van der Waals surface area contributed by atoms with E-state index in [1.165, 1.54) is 11.7 Å². The average Bonchev–Trinajstić information content (AvgIpc) is 3.10. The van der Waals surface area contributed by atoms with Crippen molar-refractivity contribution >= 4 is 17.4 Å². The fraction of sp³-hybridized carbons (Fsp3) is 0.167. The average molecular weight is 351 g/mol. The molecule has 0 radical (unpaired) electrons. The van der Waals surface area contributed by atoms with Crippen LogP contribution in [0.5, 0.6) is 5.75 Å². The number of rotatable bonds is 6. The molecule has 0 bridgehead atoms. The first kappa shape index (κ1) is 17.3. The lowest BCUT2D eigenvalue weighted by atomic mass is 10.1. The summed E-state index contributed by atoms with van der Waals surface area (Å²) < 4.78 is 5.17. The molecule has 0 saturated carbocycles. The minimum Gasteiger partial charge on any atom is -0.497 e. The van der Waals surface area contributed by atoms with E-state index in [0.717, 1.165) is 5.56 Å². The number of hydrogen-bond acceptors (Lipinski definition) is 6. The monoisotopic (exact) mass is 351 g/mol. The maximum Gasteiger partial charge on any atom is 0.248 e. The van der Waals surface area contributed by atoms with E-state index in [2.05, 4.69) is 20.7 Å². The second-order valence-corrected chi connectivity index (χ2v) is 5.56. The van der Waals surface area contributed by atoms with Gasteiger partial charge in [-0.1, -0.05) is 24.3 Å². The van der Waals surface area contributed by atoms with Crippen LogP contribution in [0, 0.1) is 0 Å². The fourth-order valence-corrected chi connectivity index (χ4v) is 2.33. The molecular formula is C18H17N5O3. The molecule has 0 aliphatic rings. The maximum absolute atomic E-state index is 12.2. The maximum atomic E-state index is 12.2. The Bertz CT molecular complexity index is 951. The topological polar surface area (TPSA) is 99.0 Å². The summed E-state index contributed by atoms with van der Waals surface area (Å²) in [4.78, 5) is 24.8. The first-order chi connectivity index (χ1) is 12.5. The summed E-state index contributed by atoms with van der Waals surface area (Å²) in [7, 11) is 1.58. The van der Waals surface area contributed by atoms with Gasteiger partial charge in [-0.15, -0.1) is 10.2 Å². The molecule has 0 aliphatic heterocycles. The van der Waals surface area contributed by atoms with Gasteiger partial charge in [-0.05, 0) is 36.4 Å². The summed E-state index contributed by atoms with van der Waals surface area (Å²) in [6.07, 6.45) is 0. The molecule has 8 nitrogen and oxygen atoms in total. The Kier molecular flexibility index (Phi) is 5.02. The van der Waals surface area contributed by atoms with Crippen molar-refractivity contribution in [1.82, 2.24) is 20.2 Å². The van der Waals surface area contributed by atoms with Crippen LogP contribution < -0.4 is 10.1 Å². The molecule has 2 aromatic carbocycles. The Morgan fingerprint density at radius 1 is 1.15 bits per heavy atom. The Hall–Kier alpha value is -3.55. The first-order valence-corrected chi connectivity index (χ1v) is 7.88. The summed E-state index contributed by atoms with van der Waals surface area (Å²) in [5.74, 6) is 0.694. The molecule has 1 heterocycles. The zero-order chi connectivity index (χ0) is 18.5. The molecule has 132 valence electrons. The number of carbonyl (C=O) groups excluding carboxylic acids is 2. The summed E-state index contributed by atoms with van der Waals surface area (Å²) in [6, 6.07) is 14.0. The molecule has 8 heteroatoms. The number of Topliss-reactive ketones (excluding diaryl/α,β-unsaturated/α-hetero) is 1. The van der Waals surface area contributed by atoms with Crippen LogP contribution in [0.2, 0.25) is 0 Å². The van der Waals surface area contributed by atoms with Crippen LogP contribution in [-0.2, 0) is 11.3 Å². The molecule has 0 spiro atoms. The number of ketones is 1. The predicted molar refractivity (Wildman–Crippen MR) is 94.9 cm³/mol. The number of hydrogen-bond donors (Lipinski definition) is 1. The van der Waals surface area contributed by atoms with Gasteiger partial charge in [-0.3, -0.25) is 9.59 Å². The number of ether oxygens (including phenoxy) is 1. The molecular weight excluding hydrogens is 334 g/mol. The number of nitrogens with zero attached hydrogens (tertiary/aromatic N) is 4. The minimum absolute atomic E-state index is 0.0676. The van der Waals surface area contributed by atoms with Crippen molar-refractivity contribution in [2.45, 2.75) is 13.5 Å². The normalized spacial score (nSPS) is 10.4. The summed E-state index contributed by atoms with van der Waals surface area (Å²) in [5, 5.41) is 14.8. The van der Waals surface area contributed by atoms with E-state index >= 15 is 0 Å². The number of aromatic nitrogens is 4. The van der Waals surface area contributed by atoms with Crippen LogP contribution in [0.4, 0.5) is 5.69 Å². The second-order valence-electron chi connectivity index (χ2n) is 5.56. The number of anilines is 1. The van der Waals surface area contributed by atoms with Crippen molar-refractivity contribution < 1.29 is 14.3 Å². The third-order valence-corrected chi connectivity index (χ3v) is 3.62. The van der Waals surface area contributed by atoms with Gasteiger partial charge in [0.2, 0.25) is 11.7 Å². The minimum atomic E-state index is -0.319. The lowest BCUT2D eigenvalue weighted by molar-refractivity contribution is -0.117. The van der Waals surface area contributed by atoms with E-state index in [9.17, 15) is 9.59 Å². The van der Waals surface area contributed by atoms with Gasteiger partial charge >= 0.3 is 0 Å². The highest BCUT2D eigenvalue weighted by Crippen LogP contribution is 2.19. The number of nitrogens with one attached hydrogen (secondary N) is 1. The van der Waals surface area contributed by atoms with Crippen molar-refractivity contribution in [3.05, 3.63) is 54.1 Å². The van der Waals surface area contributed by atoms with Gasteiger partial charge in [0, 0.05) is 16.8 Å². The van der Waals surface area contributed by atoms with Crippen molar-refractivity contribution in [3.63, 3.8) is 0 Å². The highest BCUT2D eigenvalue weighted by atomic mass is 16.5. The number of amides is 1. The van der Waals surface area contributed by atoms with Crippen molar-refractivity contribution in [2.75, 3.05) is 12.4 Å². The van der Waals surface area contributed by atoms with Crippen molar-refractivity contribution in [1.29, 1.82) is 0 Å². The Balaban J connectivity index is 1.68. The van der Waals surface area contributed by atoms with E-state index in [-0.39, 0.29) is 18.2 Å². The van der Waals surface area contributed by atoms with Crippen molar-refractivity contribution in [3.8, 4) is 17.1 Å². The second kappa shape index (κ2) is 7.56. The summed E-state index contributed by atoms with van der Waals surface area (Å²) >= 11 is 0. The van der Waals surface area contributed by atoms with E-state index in [1.54, 1.807) is 37.4 Å². The fourth-order valence-electron chi connectivity index (χ4n) is 2.33. The van der Waals surface area contributed by atoms with E-state index in [4.69, 9.17) is 4.74 Å². The zero-order valence-corrected chi connectivity index (χ0v) is 14.3. The largest absolute Gasteiger partial charge is 0.497 e. The van der Waals surface area contributed by atoms with Crippen LogP contribution >= 0.6 is 0 Å². The first-order valence-electron chi connectivity index (χ1n) is 7.88. The van der Waals surface area contributed by atoms with Gasteiger partial charge in [0.05, 0.1) is 7.11 Å². The number of carbonyl (C=O) groups is 2. The van der Waals surface area contributed by atoms with Gasteiger partial charge in [0.25, 0.3) is 0 Å². The number of benzene rings is 2. The summed E-state index contributed by atoms with van der Waals surface area (Å²) in [6.45, 7) is 1.38. The van der Waals surface area contributed by atoms with Gasteiger partial charge in [0.15, 0.2) is 5.78 Å². The molecule has 3 aromatic rings. The predicted octanol–water partition coefficient (Wildman–Crippen LogP) is 2.19. The molecule has 0 saturated heterocycles. The van der Waals surface area contributed by atoms with Gasteiger partial charge < -0.3 is 10.1 Å². The van der Waals surface area contributed by atoms with E-state index in [1.807, 2.05) is 18.2 Å². The number of tetrazole rings is 1. The molecule has 26 heavy (non-hydrogen) atoms. The standard InChI is InChI=1S/C18H17N5O3/c1-12(24)13-5-3-7-15(9-13)19-17(25)11-23-21-18(20-22-23)14-6-4-8-16(10-14)26-2/h3-10H,11H2,1-2H3,(H,19,25). The molecule has 3 rings (SSSR count). The quantitative estimate of drug-likeness (QED) is 0.684. The van der Waals surface area contributed by atoms with Gasteiger partial charge in [-0.25, -0.2) is 0 Å². The highest BCUT2D eigenvalue weighted by Gasteiger charge is 2.11. The lowest BCUT2D eigenvalue weighted by Crippen LogP contribution is -2.20. The van der Waals surface area contributed by atoms with Crippen LogP contribution in [-0.4, -0.2) is 39.0 Å². The SMILES string of the molecule is COc1cccc(-c2nnn(CC(=O)Nc3cccc(C(C)=O)c3)n2)c1. The third-order valence-electron chi connectivity index (χ3n) is 3.62. The van der Waals surface area contributed by atoms with Crippen LogP contribution in [0.25, 0.3) is 11.4 Å². The van der Waals surface area contributed by atoms with Crippen LogP contribution in [0.1, 0.15) is 17.3 Å². The molecule has 1 aromatic heterocycles.